The van der Waals surface area contributed by atoms with Crippen molar-refractivity contribution in [2.24, 2.45) is 5.41 Å². The van der Waals surface area contributed by atoms with Crippen molar-refractivity contribution in [3.05, 3.63) is 54.2 Å². The zero-order valence-corrected chi connectivity index (χ0v) is 22.0. The third kappa shape index (κ3) is 3.66. The minimum atomic E-state index is -2.53. The van der Waals surface area contributed by atoms with Crippen molar-refractivity contribution in [2.75, 3.05) is 0 Å². The third-order valence-electron chi connectivity index (χ3n) is 9.67. The molecule has 2 saturated carbocycles. The van der Waals surface area contributed by atoms with Crippen LogP contribution in [-0.4, -0.2) is 66.2 Å². The number of aliphatic hydroxyl groups excluding tert-OH is 3. The highest BCUT2D eigenvalue weighted by atomic mass is 16.7. The minimum Gasteiger partial charge on any atom is -0.422 e. The number of hydrogen-bond acceptors (Lipinski definition) is 8. The lowest BCUT2D eigenvalue weighted by Crippen LogP contribution is -2.60. The molecule has 0 radical (unpaired) electrons. The van der Waals surface area contributed by atoms with Gasteiger partial charge >= 0.3 is 5.97 Å². The quantitative estimate of drug-likeness (QED) is 0.168. The van der Waals surface area contributed by atoms with Crippen molar-refractivity contribution in [3.8, 4) is 5.75 Å². The summed E-state index contributed by atoms with van der Waals surface area (Å²) in [5, 5.41) is 59.1. The van der Waals surface area contributed by atoms with Crippen LogP contribution in [0.15, 0.2) is 48.5 Å². The van der Waals surface area contributed by atoms with Gasteiger partial charge in [-0.3, -0.25) is 0 Å². The Labute approximate surface area is 230 Å². The van der Waals surface area contributed by atoms with Crippen LogP contribution in [0.1, 0.15) is 50.6 Å². The van der Waals surface area contributed by atoms with Gasteiger partial charge < -0.3 is 40.0 Å². The fraction of sp³-hybridized carbons (Fsp3) is 0.452. The zero-order valence-electron chi connectivity index (χ0n) is 22.0. The molecule has 7 rings (SSSR count). The van der Waals surface area contributed by atoms with Crippen LogP contribution in [0, 0.1) is 5.41 Å². The number of benzene rings is 3. The van der Waals surface area contributed by atoms with Crippen molar-refractivity contribution in [1.82, 2.24) is 4.98 Å². The summed E-state index contributed by atoms with van der Waals surface area (Å²) in [6, 6.07) is 15.7. The number of aliphatic hydroxyl groups is 5. The van der Waals surface area contributed by atoms with E-state index in [-0.39, 0.29) is 29.7 Å². The van der Waals surface area contributed by atoms with Crippen molar-refractivity contribution >= 4 is 38.4 Å². The Morgan fingerprint density at radius 1 is 0.975 bits per heavy atom. The first-order valence-electron chi connectivity index (χ1n) is 13.9. The summed E-state index contributed by atoms with van der Waals surface area (Å²) in [4.78, 5) is 16.6. The normalized spacial score (nSPS) is 31.7. The Hall–Kier alpha value is -3.05. The van der Waals surface area contributed by atoms with Gasteiger partial charge in [-0.05, 0) is 77.3 Å². The second-order valence-electron chi connectivity index (χ2n) is 12.0. The van der Waals surface area contributed by atoms with E-state index in [9.17, 15) is 30.3 Å². The van der Waals surface area contributed by atoms with E-state index in [1.807, 2.05) is 48.5 Å². The summed E-state index contributed by atoms with van der Waals surface area (Å²) in [6.07, 6.45) is -0.502. The van der Waals surface area contributed by atoms with Gasteiger partial charge in [0.05, 0.1) is 23.2 Å². The molecule has 3 aromatic carbocycles. The first-order valence-corrected chi connectivity index (χ1v) is 13.9. The summed E-state index contributed by atoms with van der Waals surface area (Å²) >= 11 is 0. The van der Waals surface area contributed by atoms with Crippen LogP contribution in [0.2, 0.25) is 0 Å². The number of aromatic nitrogens is 1. The van der Waals surface area contributed by atoms with Gasteiger partial charge in [0.1, 0.15) is 17.8 Å². The highest BCUT2D eigenvalue weighted by molar-refractivity contribution is 6.14. The van der Waals surface area contributed by atoms with E-state index < -0.39 is 42.3 Å². The molecule has 3 aliphatic rings. The molecule has 0 bridgehead atoms. The van der Waals surface area contributed by atoms with Gasteiger partial charge in [0.15, 0.2) is 11.9 Å². The number of H-pyrrole nitrogens is 1. The fourth-order valence-corrected chi connectivity index (χ4v) is 7.54. The van der Waals surface area contributed by atoms with Crippen LogP contribution in [0.3, 0.4) is 0 Å². The smallest absolute Gasteiger partial charge is 0.343 e. The van der Waals surface area contributed by atoms with Crippen LogP contribution >= 0.6 is 0 Å². The first kappa shape index (κ1) is 25.9. The summed E-state index contributed by atoms with van der Waals surface area (Å²) in [5.74, 6) is -3.50. The molecule has 4 aromatic rings. The van der Waals surface area contributed by atoms with Crippen molar-refractivity contribution in [2.45, 2.75) is 81.3 Å². The van der Waals surface area contributed by atoms with Crippen molar-refractivity contribution in [3.63, 3.8) is 0 Å². The molecule has 5 atom stereocenters. The van der Waals surface area contributed by atoms with Gasteiger partial charge in [-0.15, -0.1) is 0 Å². The number of esters is 1. The summed E-state index contributed by atoms with van der Waals surface area (Å²) in [6.45, 7) is -0.450. The molecule has 6 N–H and O–H groups in total. The number of carbonyl (C=O) groups is 1. The average molecular weight is 548 g/mol. The fourth-order valence-electron chi connectivity index (χ4n) is 7.54. The predicted octanol–water partition coefficient (Wildman–Crippen LogP) is 3.16. The molecule has 40 heavy (non-hydrogen) atoms. The molecule has 2 aliphatic carbocycles. The molecule has 1 aromatic heterocycles. The van der Waals surface area contributed by atoms with Gasteiger partial charge in [0, 0.05) is 0 Å². The second-order valence-corrected chi connectivity index (χ2v) is 12.0. The lowest BCUT2D eigenvalue weighted by atomic mass is 9.79. The topological polar surface area (TPSA) is 152 Å². The van der Waals surface area contributed by atoms with Crippen LogP contribution in [0.4, 0.5) is 0 Å². The van der Waals surface area contributed by atoms with Crippen LogP contribution in [0.25, 0.3) is 32.4 Å². The Morgan fingerprint density at radius 3 is 2.42 bits per heavy atom. The Kier molecular flexibility index (Phi) is 5.81. The molecule has 1 aliphatic heterocycles. The lowest BCUT2D eigenvalue weighted by Gasteiger charge is -2.40. The molecular formula is C31H33NO8. The van der Waals surface area contributed by atoms with E-state index in [0.29, 0.717) is 17.3 Å². The number of hydrogen-bond donors (Lipinski definition) is 6. The molecular weight excluding hydrogens is 514 g/mol. The van der Waals surface area contributed by atoms with Gasteiger partial charge in [-0.2, -0.15) is 0 Å². The van der Waals surface area contributed by atoms with E-state index in [2.05, 4.69) is 4.98 Å². The van der Waals surface area contributed by atoms with Gasteiger partial charge in [-0.1, -0.05) is 43.2 Å². The van der Waals surface area contributed by atoms with E-state index in [4.69, 9.17) is 9.47 Å². The minimum absolute atomic E-state index is 0.0774. The monoisotopic (exact) mass is 547 g/mol. The molecule has 1 spiro atoms. The van der Waals surface area contributed by atoms with Crippen molar-refractivity contribution < 1.29 is 39.8 Å². The largest absolute Gasteiger partial charge is 0.422 e. The lowest BCUT2D eigenvalue weighted by molar-refractivity contribution is -0.315. The second kappa shape index (κ2) is 8.97. The number of ether oxygens (including phenoxy) is 2. The molecule has 5 unspecified atom stereocenters. The van der Waals surface area contributed by atoms with E-state index in [1.165, 1.54) is 0 Å². The van der Waals surface area contributed by atoms with Gasteiger partial charge in [0.25, 0.3) is 0 Å². The number of fused-ring (bicyclic) bond motifs is 4. The maximum absolute atomic E-state index is 13.5. The SMILES string of the molecule is O=C(Oc1c(CO)[nH]c2ccc3cc4ccccc4cc3c12)C1OC(O)(C2(O)CCC3(CCCC3)C2)C(O)C1O. The number of nitrogens with one attached hydrogen (secondary N) is 1. The van der Waals surface area contributed by atoms with Crippen LogP contribution < -0.4 is 4.74 Å². The summed E-state index contributed by atoms with van der Waals surface area (Å²) in [5.41, 5.74) is -1.06. The maximum Gasteiger partial charge on any atom is 0.343 e. The zero-order chi connectivity index (χ0) is 27.9. The highest BCUT2D eigenvalue weighted by Crippen LogP contribution is 2.58. The molecule has 2 heterocycles. The molecule has 3 fully saturated rings. The maximum atomic E-state index is 13.5. The predicted molar refractivity (Wildman–Crippen MR) is 146 cm³/mol. The first-order chi connectivity index (χ1) is 19.2. The molecule has 1 saturated heterocycles. The molecule has 9 heteroatoms. The summed E-state index contributed by atoms with van der Waals surface area (Å²) in [7, 11) is 0. The summed E-state index contributed by atoms with van der Waals surface area (Å²) < 4.78 is 11.4. The van der Waals surface area contributed by atoms with Crippen molar-refractivity contribution in [1.29, 1.82) is 0 Å². The van der Waals surface area contributed by atoms with E-state index >= 15 is 0 Å². The Morgan fingerprint density at radius 2 is 1.70 bits per heavy atom. The Balaban J connectivity index is 1.23. The van der Waals surface area contributed by atoms with Gasteiger partial charge in [-0.25, -0.2) is 4.79 Å². The van der Waals surface area contributed by atoms with Crippen LogP contribution in [-0.2, 0) is 16.1 Å². The number of rotatable bonds is 4. The number of carbonyl (C=O) groups excluding carboxylic acids is 1. The standard InChI is InChI=1S/C31H33NO8/c33-15-22-25(23-20-14-18-6-2-1-5-17(18)13-19(20)7-8-21(23)32-22)39-28(36)26-24(34)27(35)31(38,40-26)30(37)12-11-29(16-30)9-3-4-10-29/h1-2,5-8,13-14,24,26-27,32-35,37-38H,3-4,9-12,15-16H2. The molecule has 9 nitrogen and oxygen atoms in total. The highest BCUT2D eigenvalue weighted by Gasteiger charge is 2.69. The van der Waals surface area contributed by atoms with E-state index in [1.54, 1.807) is 0 Å². The average Bonchev–Trinajstić information content (AvgIpc) is 3.71. The Bertz CT molecular complexity index is 1640. The number of aromatic amines is 1. The van der Waals surface area contributed by atoms with Crippen LogP contribution in [0.5, 0.6) is 5.75 Å². The molecule has 0 amide bonds. The third-order valence-corrected chi connectivity index (χ3v) is 9.67. The molecule has 210 valence electrons. The van der Waals surface area contributed by atoms with E-state index in [0.717, 1.165) is 47.2 Å². The van der Waals surface area contributed by atoms with Gasteiger partial charge in [0.2, 0.25) is 5.79 Å².